The molecule has 2 aromatic rings. The molecular weight excluding hydrogens is 462 g/mol. The van der Waals surface area contributed by atoms with Gasteiger partial charge in [0.05, 0.1) is 30.4 Å². The molecule has 0 unspecified atom stereocenters. The van der Waals surface area contributed by atoms with Crippen LogP contribution in [-0.4, -0.2) is 55.8 Å². The fourth-order valence-corrected chi connectivity index (χ4v) is 4.67. The summed E-state index contributed by atoms with van der Waals surface area (Å²) in [5, 5.41) is 41.4. The van der Waals surface area contributed by atoms with Gasteiger partial charge >= 0.3 is 5.97 Å². The fourth-order valence-electron chi connectivity index (χ4n) is 4.67. The zero-order chi connectivity index (χ0) is 26.4. The van der Waals surface area contributed by atoms with Crippen LogP contribution in [0.5, 0.6) is 5.75 Å². The second-order valence-electron chi connectivity index (χ2n) is 10.3. The van der Waals surface area contributed by atoms with E-state index in [1.807, 2.05) is 19.1 Å². The van der Waals surface area contributed by atoms with Crippen LogP contribution < -0.4 is 0 Å². The maximum absolute atomic E-state index is 12.7. The SMILES string of the molecule is CC[C@H](C)Cc1ccc2c(c1O)C(=O)O[C@H](C[C@H](O)CCc1coc(C[C@H](O)[C@H](C)[C@H](O)CC)n1)C2. The minimum atomic E-state index is -0.758. The van der Waals surface area contributed by atoms with E-state index in [1.165, 1.54) is 6.26 Å². The van der Waals surface area contributed by atoms with Gasteiger partial charge in [0.15, 0.2) is 5.89 Å². The van der Waals surface area contributed by atoms with Gasteiger partial charge in [-0.05, 0) is 42.7 Å². The summed E-state index contributed by atoms with van der Waals surface area (Å²) in [5.74, 6) is -0.0161. The number of phenolic OH excluding ortho intramolecular Hbond substituents is 1. The molecule has 4 N–H and O–H groups in total. The number of aromatic nitrogens is 1. The fraction of sp³-hybridized carbons (Fsp3) is 0.643. The lowest BCUT2D eigenvalue weighted by atomic mass is 9.90. The summed E-state index contributed by atoms with van der Waals surface area (Å²) in [6.07, 6.45) is 3.11. The largest absolute Gasteiger partial charge is 0.507 e. The highest BCUT2D eigenvalue weighted by Crippen LogP contribution is 2.34. The van der Waals surface area contributed by atoms with Crippen LogP contribution >= 0.6 is 0 Å². The number of rotatable bonds is 13. The standard InChI is InChI=1S/C28H41NO7/c1-5-16(3)11-19-8-7-18-12-22(36-28(34)26(18)27(19)33)13-21(30)10-9-20-15-35-25(29-20)14-24(32)17(4)23(31)6-2/h7-8,15-17,21-24,30-33H,5-6,9-14H2,1-4H3/t16-,17+,21+,22-,23+,24-/m0/s1. The van der Waals surface area contributed by atoms with Gasteiger partial charge in [0, 0.05) is 18.8 Å². The average Bonchev–Trinajstić information content (AvgIpc) is 3.30. The number of hydrogen-bond donors (Lipinski definition) is 4. The number of aryl methyl sites for hydroxylation is 1. The predicted molar refractivity (Wildman–Crippen MR) is 135 cm³/mol. The number of carbonyl (C=O) groups is 1. The van der Waals surface area contributed by atoms with Gasteiger partial charge in [0.1, 0.15) is 23.7 Å². The van der Waals surface area contributed by atoms with Crippen molar-refractivity contribution >= 4 is 5.97 Å². The molecule has 3 rings (SSSR count). The van der Waals surface area contributed by atoms with Gasteiger partial charge in [-0.2, -0.15) is 0 Å². The topological polar surface area (TPSA) is 133 Å². The Morgan fingerprint density at radius 2 is 1.83 bits per heavy atom. The molecule has 0 fully saturated rings. The summed E-state index contributed by atoms with van der Waals surface area (Å²) in [7, 11) is 0. The molecule has 200 valence electrons. The van der Waals surface area contributed by atoms with E-state index in [1.54, 1.807) is 6.92 Å². The molecule has 8 nitrogen and oxygen atoms in total. The molecule has 1 aromatic carbocycles. The molecule has 0 bridgehead atoms. The molecular formula is C28H41NO7. The van der Waals surface area contributed by atoms with E-state index < -0.39 is 30.4 Å². The van der Waals surface area contributed by atoms with E-state index in [0.29, 0.717) is 49.6 Å². The molecule has 2 heterocycles. The number of cyclic esters (lactones) is 1. The quantitative estimate of drug-likeness (QED) is 0.304. The molecule has 36 heavy (non-hydrogen) atoms. The van der Waals surface area contributed by atoms with Gasteiger partial charge in [0.25, 0.3) is 0 Å². The van der Waals surface area contributed by atoms with E-state index in [0.717, 1.165) is 17.5 Å². The smallest absolute Gasteiger partial charge is 0.342 e. The molecule has 1 aliphatic heterocycles. The molecule has 1 aromatic heterocycles. The molecule has 0 saturated carbocycles. The van der Waals surface area contributed by atoms with Gasteiger partial charge in [-0.1, -0.05) is 46.2 Å². The Morgan fingerprint density at radius 3 is 2.53 bits per heavy atom. The Labute approximate surface area is 213 Å². The zero-order valence-corrected chi connectivity index (χ0v) is 21.8. The number of nitrogens with zero attached hydrogens (tertiary/aromatic N) is 1. The number of benzene rings is 1. The van der Waals surface area contributed by atoms with Crippen molar-refractivity contribution in [1.82, 2.24) is 4.98 Å². The third kappa shape index (κ3) is 7.08. The molecule has 0 spiro atoms. The molecule has 1 aliphatic rings. The average molecular weight is 504 g/mol. The van der Waals surface area contributed by atoms with E-state index in [4.69, 9.17) is 9.15 Å². The normalized spacial score (nSPS) is 19.8. The number of fused-ring (bicyclic) bond motifs is 1. The molecule has 8 heteroatoms. The van der Waals surface area contributed by atoms with Crippen LogP contribution in [0.15, 0.2) is 22.8 Å². The monoisotopic (exact) mass is 503 g/mol. The van der Waals surface area contributed by atoms with Crippen molar-refractivity contribution in [3.8, 4) is 5.75 Å². The molecule has 0 amide bonds. The van der Waals surface area contributed by atoms with Crippen molar-refractivity contribution in [3.05, 3.63) is 46.7 Å². The lowest BCUT2D eigenvalue weighted by molar-refractivity contribution is 0.00876. The van der Waals surface area contributed by atoms with Gasteiger partial charge in [-0.25, -0.2) is 9.78 Å². The summed E-state index contributed by atoms with van der Waals surface area (Å²) in [4.78, 5) is 17.1. The third-order valence-corrected chi connectivity index (χ3v) is 7.42. The first-order valence-electron chi connectivity index (χ1n) is 13.1. The lowest BCUT2D eigenvalue weighted by Crippen LogP contribution is -2.31. The molecule has 6 atom stereocenters. The Bertz CT molecular complexity index is 1000. The number of aromatic hydroxyl groups is 1. The summed E-state index contributed by atoms with van der Waals surface area (Å²) in [5.41, 5.74) is 2.43. The molecule has 0 aliphatic carbocycles. The number of esters is 1. The number of aliphatic hydroxyl groups excluding tert-OH is 3. The second-order valence-corrected chi connectivity index (χ2v) is 10.3. The first kappa shape index (κ1) is 28.2. The highest BCUT2D eigenvalue weighted by atomic mass is 16.5. The Kier molecular flexibility index (Phi) is 9.93. The first-order chi connectivity index (χ1) is 17.1. The number of aliphatic hydroxyl groups is 3. The van der Waals surface area contributed by atoms with Crippen LogP contribution in [-0.2, 0) is 30.4 Å². The van der Waals surface area contributed by atoms with Crippen LogP contribution in [0.3, 0.4) is 0 Å². The zero-order valence-electron chi connectivity index (χ0n) is 21.8. The van der Waals surface area contributed by atoms with Crippen molar-refractivity contribution in [2.24, 2.45) is 11.8 Å². The van der Waals surface area contributed by atoms with Gasteiger partial charge in [-0.3, -0.25) is 0 Å². The van der Waals surface area contributed by atoms with E-state index in [9.17, 15) is 25.2 Å². The summed E-state index contributed by atoms with van der Waals surface area (Å²) in [6, 6.07) is 3.77. The highest BCUT2D eigenvalue weighted by molar-refractivity contribution is 5.95. The van der Waals surface area contributed by atoms with E-state index in [-0.39, 0.29) is 30.1 Å². The summed E-state index contributed by atoms with van der Waals surface area (Å²) < 4.78 is 11.0. The van der Waals surface area contributed by atoms with Gasteiger partial charge in [0.2, 0.25) is 0 Å². The van der Waals surface area contributed by atoms with Gasteiger partial charge < -0.3 is 29.6 Å². The lowest BCUT2D eigenvalue weighted by Gasteiger charge is -2.27. The summed E-state index contributed by atoms with van der Waals surface area (Å²) in [6.45, 7) is 7.86. The van der Waals surface area contributed by atoms with Crippen molar-refractivity contribution in [2.75, 3.05) is 0 Å². The molecule has 0 saturated heterocycles. The second kappa shape index (κ2) is 12.7. The minimum Gasteiger partial charge on any atom is -0.507 e. The Morgan fingerprint density at radius 1 is 1.08 bits per heavy atom. The number of hydrogen-bond acceptors (Lipinski definition) is 8. The number of ether oxygens (including phenoxy) is 1. The van der Waals surface area contributed by atoms with E-state index in [2.05, 4.69) is 18.8 Å². The van der Waals surface area contributed by atoms with Crippen LogP contribution in [0.25, 0.3) is 0 Å². The van der Waals surface area contributed by atoms with Crippen LogP contribution in [0.4, 0.5) is 0 Å². The van der Waals surface area contributed by atoms with Crippen LogP contribution in [0, 0.1) is 11.8 Å². The maximum Gasteiger partial charge on any atom is 0.342 e. The Hall–Kier alpha value is -2.42. The highest BCUT2D eigenvalue weighted by Gasteiger charge is 2.31. The maximum atomic E-state index is 12.7. The molecule has 0 radical (unpaired) electrons. The first-order valence-corrected chi connectivity index (χ1v) is 13.1. The minimum absolute atomic E-state index is 0.0161. The van der Waals surface area contributed by atoms with E-state index >= 15 is 0 Å². The van der Waals surface area contributed by atoms with Gasteiger partial charge in [-0.15, -0.1) is 0 Å². The number of phenols is 1. The van der Waals surface area contributed by atoms with Crippen LogP contribution in [0.1, 0.15) is 86.4 Å². The van der Waals surface area contributed by atoms with Crippen LogP contribution in [0.2, 0.25) is 0 Å². The Balaban J connectivity index is 1.51. The predicted octanol–water partition coefficient (Wildman–Crippen LogP) is 3.74. The number of oxazole rings is 1. The van der Waals surface area contributed by atoms with Crippen molar-refractivity contribution in [3.63, 3.8) is 0 Å². The van der Waals surface area contributed by atoms with Crippen molar-refractivity contribution in [2.45, 2.75) is 103 Å². The summed E-state index contributed by atoms with van der Waals surface area (Å²) >= 11 is 0. The van der Waals surface area contributed by atoms with Crippen molar-refractivity contribution in [1.29, 1.82) is 0 Å². The number of carbonyl (C=O) groups excluding carboxylic acids is 1. The van der Waals surface area contributed by atoms with Crippen molar-refractivity contribution < 1.29 is 34.4 Å². The third-order valence-electron chi connectivity index (χ3n) is 7.42.